The van der Waals surface area contributed by atoms with Crippen LogP contribution in [-0.2, 0) is 4.79 Å². The van der Waals surface area contributed by atoms with Crippen molar-refractivity contribution in [2.45, 2.75) is 51.7 Å². The lowest BCUT2D eigenvalue weighted by atomic mass is 9.78. The summed E-state index contributed by atoms with van der Waals surface area (Å²) in [6, 6.07) is 0.300. The Morgan fingerprint density at radius 2 is 1.84 bits per heavy atom. The van der Waals surface area contributed by atoms with E-state index in [-0.39, 0.29) is 6.42 Å². The molecule has 1 aliphatic carbocycles. The lowest BCUT2D eigenvalue weighted by Crippen LogP contribution is -2.44. The monoisotopic (exact) mass is 280 g/mol. The molecule has 1 fully saturated rings. The number of hydrogen-bond donors (Lipinski definition) is 2. The van der Waals surface area contributed by atoms with E-state index in [0.29, 0.717) is 38.4 Å². The maximum Gasteiger partial charge on any atom is 0.392 e. The maximum atomic E-state index is 12.9. The third-order valence-corrected chi connectivity index (χ3v) is 3.50. The Labute approximate surface area is 112 Å². The Balaban J connectivity index is 2.44. The summed E-state index contributed by atoms with van der Waals surface area (Å²) in [6.45, 7) is 4.90. The summed E-state index contributed by atoms with van der Waals surface area (Å²) in [4.78, 5) is 11.9. The number of halogens is 3. The normalized spacial score (nSPS) is 24.5. The van der Waals surface area contributed by atoms with Gasteiger partial charge in [-0.1, -0.05) is 26.7 Å². The minimum Gasteiger partial charge on any atom is -0.355 e. The van der Waals surface area contributed by atoms with Gasteiger partial charge >= 0.3 is 6.18 Å². The molecular weight excluding hydrogens is 257 g/mol. The number of rotatable bonds is 5. The Morgan fingerprint density at radius 1 is 1.21 bits per heavy atom. The van der Waals surface area contributed by atoms with Crippen LogP contribution in [0.15, 0.2) is 0 Å². The van der Waals surface area contributed by atoms with E-state index in [4.69, 9.17) is 0 Å². The number of alkyl halides is 3. The van der Waals surface area contributed by atoms with E-state index in [0.717, 1.165) is 0 Å². The fourth-order valence-electron chi connectivity index (χ4n) is 2.51. The smallest absolute Gasteiger partial charge is 0.355 e. The van der Waals surface area contributed by atoms with E-state index < -0.39 is 23.9 Å². The van der Waals surface area contributed by atoms with Gasteiger partial charge in [0.1, 0.15) is 0 Å². The molecule has 0 aromatic rings. The molecule has 2 N–H and O–H groups in total. The quantitative estimate of drug-likeness (QED) is 0.760. The lowest BCUT2D eigenvalue weighted by molar-refractivity contribution is -0.198. The van der Waals surface area contributed by atoms with E-state index in [9.17, 15) is 18.0 Å². The predicted octanol–water partition coefficient (Wildman–Crippen LogP) is 2.47. The zero-order chi connectivity index (χ0) is 14.5. The van der Waals surface area contributed by atoms with Crippen molar-refractivity contribution in [3.8, 4) is 0 Å². The van der Waals surface area contributed by atoms with E-state index in [2.05, 4.69) is 10.6 Å². The SMILES string of the molecule is CC(C)NCCNC(=O)C1CCCCC1C(F)(F)F. The first kappa shape index (κ1) is 16.3. The number of carbonyl (C=O) groups excluding carboxylic acids is 1. The second-order valence-electron chi connectivity index (χ2n) is 5.44. The van der Waals surface area contributed by atoms with Gasteiger partial charge in [-0.2, -0.15) is 13.2 Å². The van der Waals surface area contributed by atoms with Crippen LogP contribution in [0.4, 0.5) is 13.2 Å². The average molecular weight is 280 g/mol. The molecule has 2 atom stereocenters. The van der Waals surface area contributed by atoms with Crippen molar-refractivity contribution < 1.29 is 18.0 Å². The van der Waals surface area contributed by atoms with Crippen LogP contribution in [-0.4, -0.2) is 31.2 Å². The molecule has 0 radical (unpaired) electrons. The third-order valence-electron chi connectivity index (χ3n) is 3.50. The minimum atomic E-state index is -4.27. The van der Waals surface area contributed by atoms with Crippen LogP contribution < -0.4 is 10.6 Å². The van der Waals surface area contributed by atoms with Crippen LogP contribution in [0.25, 0.3) is 0 Å². The maximum absolute atomic E-state index is 12.9. The Bertz CT molecular complexity index is 292. The summed E-state index contributed by atoms with van der Waals surface area (Å²) in [5.41, 5.74) is 0. The summed E-state index contributed by atoms with van der Waals surface area (Å²) in [5, 5.41) is 5.72. The highest BCUT2D eigenvalue weighted by Crippen LogP contribution is 2.41. The number of hydrogen-bond acceptors (Lipinski definition) is 2. The van der Waals surface area contributed by atoms with Crippen molar-refractivity contribution in [3.05, 3.63) is 0 Å². The highest BCUT2D eigenvalue weighted by Gasteiger charge is 2.47. The molecule has 0 aliphatic heterocycles. The van der Waals surface area contributed by atoms with E-state index in [1.165, 1.54) is 0 Å². The first-order valence-corrected chi connectivity index (χ1v) is 6.90. The van der Waals surface area contributed by atoms with Crippen LogP contribution >= 0.6 is 0 Å². The van der Waals surface area contributed by atoms with Gasteiger partial charge in [-0.25, -0.2) is 0 Å². The molecule has 6 heteroatoms. The van der Waals surface area contributed by atoms with Crippen LogP contribution in [0.1, 0.15) is 39.5 Å². The average Bonchev–Trinajstić information content (AvgIpc) is 2.33. The molecule has 112 valence electrons. The van der Waals surface area contributed by atoms with Gasteiger partial charge in [0.15, 0.2) is 0 Å². The van der Waals surface area contributed by atoms with Gasteiger partial charge in [-0.15, -0.1) is 0 Å². The van der Waals surface area contributed by atoms with Gasteiger partial charge in [-0.05, 0) is 12.8 Å². The highest BCUT2D eigenvalue weighted by atomic mass is 19.4. The second-order valence-corrected chi connectivity index (χ2v) is 5.44. The van der Waals surface area contributed by atoms with Crippen molar-refractivity contribution in [2.75, 3.05) is 13.1 Å². The molecule has 1 aliphatic rings. The summed E-state index contributed by atoms with van der Waals surface area (Å²) in [6.07, 6.45) is -2.59. The topological polar surface area (TPSA) is 41.1 Å². The van der Waals surface area contributed by atoms with E-state index in [1.54, 1.807) is 0 Å². The van der Waals surface area contributed by atoms with Gasteiger partial charge in [0.05, 0.1) is 5.92 Å². The molecule has 2 unspecified atom stereocenters. The third kappa shape index (κ3) is 5.38. The zero-order valence-electron chi connectivity index (χ0n) is 11.5. The fourth-order valence-corrected chi connectivity index (χ4v) is 2.51. The molecule has 3 nitrogen and oxygen atoms in total. The Morgan fingerprint density at radius 3 is 2.42 bits per heavy atom. The van der Waals surface area contributed by atoms with Crippen molar-refractivity contribution in [2.24, 2.45) is 11.8 Å². The second kappa shape index (κ2) is 7.12. The van der Waals surface area contributed by atoms with Gasteiger partial charge < -0.3 is 10.6 Å². The molecule has 0 saturated heterocycles. The summed E-state index contributed by atoms with van der Waals surface area (Å²) < 4.78 is 38.6. The molecule has 1 saturated carbocycles. The molecule has 19 heavy (non-hydrogen) atoms. The first-order valence-electron chi connectivity index (χ1n) is 6.90. The predicted molar refractivity (Wildman–Crippen MR) is 67.7 cm³/mol. The standard InChI is InChI=1S/C13H23F3N2O/c1-9(2)17-7-8-18-12(19)10-5-3-4-6-11(10)13(14,15)16/h9-11,17H,3-8H2,1-2H3,(H,18,19). The van der Waals surface area contributed by atoms with Gasteiger partial charge in [0, 0.05) is 25.0 Å². The zero-order valence-corrected chi connectivity index (χ0v) is 11.5. The van der Waals surface area contributed by atoms with Crippen molar-refractivity contribution in [3.63, 3.8) is 0 Å². The van der Waals surface area contributed by atoms with Crippen LogP contribution in [0.3, 0.4) is 0 Å². The molecule has 0 aromatic heterocycles. The van der Waals surface area contributed by atoms with Crippen molar-refractivity contribution >= 4 is 5.91 Å². The number of carbonyl (C=O) groups is 1. The fraction of sp³-hybridized carbons (Fsp3) is 0.923. The Hall–Kier alpha value is -0.780. The number of nitrogens with one attached hydrogen (secondary N) is 2. The summed E-state index contributed by atoms with van der Waals surface area (Å²) in [7, 11) is 0. The van der Waals surface area contributed by atoms with Gasteiger partial charge in [-0.3, -0.25) is 4.79 Å². The van der Waals surface area contributed by atoms with E-state index >= 15 is 0 Å². The van der Waals surface area contributed by atoms with Crippen LogP contribution in [0.5, 0.6) is 0 Å². The largest absolute Gasteiger partial charge is 0.392 e. The molecule has 0 bridgehead atoms. The lowest BCUT2D eigenvalue weighted by Gasteiger charge is -2.32. The molecule has 0 heterocycles. The van der Waals surface area contributed by atoms with Crippen LogP contribution in [0.2, 0.25) is 0 Å². The van der Waals surface area contributed by atoms with Gasteiger partial charge in [0.2, 0.25) is 5.91 Å². The summed E-state index contributed by atoms with van der Waals surface area (Å²) in [5.74, 6) is -2.83. The first-order chi connectivity index (χ1) is 8.82. The van der Waals surface area contributed by atoms with E-state index in [1.807, 2.05) is 13.8 Å². The minimum absolute atomic E-state index is 0.0752. The van der Waals surface area contributed by atoms with Gasteiger partial charge in [0.25, 0.3) is 0 Å². The summed E-state index contributed by atoms with van der Waals surface area (Å²) >= 11 is 0. The molecule has 1 amide bonds. The number of amides is 1. The van der Waals surface area contributed by atoms with Crippen molar-refractivity contribution in [1.29, 1.82) is 0 Å². The molecule has 0 aromatic carbocycles. The molecular formula is C13H23F3N2O. The van der Waals surface area contributed by atoms with Crippen LogP contribution in [0, 0.1) is 11.8 Å². The molecule has 0 spiro atoms. The van der Waals surface area contributed by atoms with Crippen molar-refractivity contribution in [1.82, 2.24) is 10.6 Å². The Kier molecular flexibility index (Phi) is 6.10. The highest BCUT2D eigenvalue weighted by molar-refractivity contribution is 5.79. The molecule has 1 rings (SSSR count).